The summed E-state index contributed by atoms with van der Waals surface area (Å²) in [5.41, 5.74) is 0.529. The van der Waals surface area contributed by atoms with Gasteiger partial charge in [0.25, 0.3) is 0 Å². The number of aliphatic hydroxyl groups excluding tert-OH is 1. The maximum absolute atomic E-state index is 10.8. The van der Waals surface area contributed by atoms with Gasteiger partial charge in [-0.1, -0.05) is 32.9 Å². The molecule has 16 heavy (non-hydrogen) atoms. The lowest BCUT2D eigenvalue weighted by Gasteiger charge is -1.99. The van der Waals surface area contributed by atoms with Gasteiger partial charge in [0.2, 0.25) is 10.0 Å². The molecule has 0 aliphatic heterocycles. The fraction of sp³-hybridized carbons (Fsp3) is 0.455. The van der Waals surface area contributed by atoms with Crippen LogP contribution in [0.5, 0.6) is 0 Å². The summed E-state index contributed by atoms with van der Waals surface area (Å²) in [7, 11) is -3.65. The van der Waals surface area contributed by atoms with Crippen LogP contribution in [0.3, 0.4) is 0 Å². The monoisotopic (exact) mass is 245 g/mol. The molecule has 0 heterocycles. The Labute approximate surface area is 97.2 Å². The van der Waals surface area contributed by atoms with Crippen molar-refractivity contribution in [1.29, 1.82) is 0 Å². The molecule has 0 saturated carbocycles. The highest BCUT2D eigenvalue weighted by atomic mass is 32.2. The van der Waals surface area contributed by atoms with Crippen LogP contribution in [0.25, 0.3) is 0 Å². The van der Waals surface area contributed by atoms with Gasteiger partial charge >= 0.3 is 0 Å². The van der Waals surface area contributed by atoms with Gasteiger partial charge in [-0.2, -0.15) is 0 Å². The van der Waals surface area contributed by atoms with E-state index in [2.05, 4.69) is 20.8 Å². The quantitative estimate of drug-likeness (QED) is 0.828. The van der Waals surface area contributed by atoms with Crippen molar-refractivity contribution in [3.05, 3.63) is 29.8 Å². The summed E-state index contributed by atoms with van der Waals surface area (Å²) >= 11 is 0. The van der Waals surface area contributed by atoms with Gasteiger partial charge in [0, 0.05) is 0 Å². The Bertz CT molecular complexity index is 410. The van der Waals surface area contributed by atoms with Crippen molar-refractivity contribution in [2.45, 2.75) is 32.3 Å². The fourth-order valence-electron chi connectivity index (χ4n) is 0.821. The first kappa shape index (κ1) is 15.1. The first-order valence-electron chi connectivity index (χ1n) is 5.00. The number of benzene rings is 1. The second-order valence-corrected chi connectivity index (χ2v) is 5.64. The molecule has 4 nitrogen and oxygen atoms in total. The smallest absolute Gasteiger partial charge is 0.238 e. The van der Waals surface area contributed by atoms with E-state index in [1.54, 1.807) is 6.07 Å². The lowest BCUT2D eigenvalue weighted by atomic mass is 10.2. The van der Waals surface area contributed by atoms with Gasteiger partial charge in [-0.05, 0) is 23.6 Å². The van der Waals surface area contributed by atoms with Crippen molar-refractivity contribution in [2.75, 3.05) is 0 Å². The first-order valence-corrected chi connectivity index (χ1v) is 6.54. The number of primary sulfonamides is 1. The molecular formula is C11H19NO3S. The summed E-state index contributed by atoms with van der Waals surface area (Å²) < 4.78 is 21.6. The van der Waals surface area contributed by atoms with Crippen LogP contribution in [0, 0.1) is 5.92 Å². The highest BCUT2D eigenvalue weighted by Crippen LogP contribution is 2.08. The molecule has 0 fully saturated rings. The van der Waals surface area contributed by atoms with Crippen LogP contribution in [0.2, 0.25) is 0 Å². The van der Waals surface area contributed by atoms with E-state index in [0.717, 1.165) is 5.92 Å². The Morgan fingerprint density at radius 2 is 1.81 bits per heavy atom. The molecular weight excluding hydrogens is 226 g/mol. The predicted molar refractivity (Wildman–Crippen MR) is 64.3 cm³/mol. The third-order valence-electron chi connectivity index (χ3n) is 1.41. The maximum atomic E-state index is 10.8. The molecule has 0 aliphatic rings. The lowest BCUT2D eigenvalue weighted by Crippen LogP contribution is -2.12. The van der Waals surface area contributed by atoms with Gasteiger partial charge in [0.1, 0.15) is 0 Å². The van der Waals surface area contributed by atoms with Crippen molar-refractivity contribution in [3.63, 3.8) is 0 Å². The minimum atomic E-state index is -3.65. The van der Waals surface area contributed by atoms with Crippen LogP contribution < -0.4 is 5.14 Å². The number of rotatable bonds is 2. The van der Waals surface area contributed by atoms with Gasteiger partial charge in [0.15, 0.2) is 0 Å². The molecule has 5 heteroatoms. The Balaban J connectivity index is 0.000000487. The summed E-state index contributed by atoms with van der Waals surface area (Å²) in [6.45, 7) is 6.31. The van der Waals surface area contributed by atoms with Crippen molar-refractivity contribution in [2.24, 2.45) is 11.1 Å². The van der Waals surface area contributed by atoms with Gasteiger partial charge in [-0.25, -0.2) is 13.6 Å². The summed E-state index contributed by atoms with van der Waals surface area (Å²) in [6, 6.07) is 5.88. The normalized spacial score (nSPS) is 10.9. The largest absolute Gasteiger partial charge is 0.392 e. The molecule has 1 aromatic rings. The van der Waals surface area contributed by atoms with Crippen LogP contribution in [0.15, 0.2) is 29.2 Å². The van der Waals surface area contributed by atoms with E-state index in [1.807, 2.05) is 0 Å². The van der Waals surface area contributed by atoms with E-state index < -0.39 is 10.0 Å². The van der Waals surface area contributed by atoms with Gasteiger partial charge in [-0.15, -0.1) is 0 Å². The molecule has 0 spiro atoms. The zero-order valence-electron chi connectivity index (χ0n) is 9.84. The van der Waals surface area contributed by atoms with Crippen molar-refractivity contribution in [1.82, 2.24) is 0 Å². The molecule has 0 unspecified atom stereocenters. The van der Waals surface area contributed by atoms with Crippen molar-refractivity contribution in [3.8, 4) is 0 Å². The minimum absolute atomic E-state index is 0.0223. The molecule has 0 saturated heterocycles. The SMILES string of the molecule is CC(C)C.NS(=O)(=O)c1cccc(CO)c1. The second-order valence-electron chi connectivity index (χ2n) is 4.08. The number of hydrogen-bond donors (Lipinski definition) is 2. The van der Waals surface area contributed by atoms with E-state index in [9.17, 15) is 8.42 Å². The third-order valence-corrected chi connectivity index (χ3v) is 2.32. The predicted octanol–water partition coefficient (Wildman–Crippen LogP) is 1.49. The zero-order chi connectivity index (χ0) is 12.8. The topological polar surface area (TPSA) is 80.4 Å². The molecule has 0 aromatic heterocycles. The average molecular weight is 245 g/mol. The van der Waals surface area contributed by atoms with E-state index in [-0.39, 0.29) is 11.5 Å². The van der Waals surface area contributed by atoms with E-state index in [1.165, 1.54) is 18.2 Å². The van der Waals surface area contributed by atoms with Gasteiger partial charge < -0.3 is 5.11 Å². The van der Waals surface area contributed by atoms with E-state index >= 15 is 0 Å². The molecule has 92 valence electrons. The molecule has 0 amide bonds. The van der Waals surface area contributed by atoms with Gasteiger partial charge in [-0.3, -0.25) is 0 Å². The van der Waals surface area contributed by atoms with E-state index in [0.29, 0.717) is 5.56 Å². The minimum Gasteiger partial charge on any atom is -0.392 e. The van der Waals surface area contributed by atoms with Crippen LogP contribution in [0.4, 0.5) is 0 Å². The summed E-state index contributed by atoms with van der Waals surface area (Å²) in [6.07, 6.45) is 0. The Hall–Kier alpha value is -0.910. The number of sulfonamides is 1. The second kappa shape index (κ2) is 6.62. The maximum Gasteiger partial charge on any atom is 0.238 e. The fourth-order valence-corrected chi connectivity index (χ4v) is 1.40. The van der Waals surface area contributed by atoms with Crippen LogP contribution in [-0.4, -0.2) is 13.5 Å². The summed E-state index contributed by atoms with van der Waals surface area (Å²) in [5, 5.41) is 13.6. The zero-order valence-corrected chi connectivity index (χ0v) is 10.7. The molecule has 0 bridgehead atoms. The first-order chi connectivity index (χ1) is 7.27. The standard InChI is InChI=1S/C7H9NO3S.C4H10/c8-12(10,11)7-3-1-2-6(4-7)5-9;1-4(2)3/h1-4,9H,5H2,(H2,8,10,11);4H,1-3H3. The molecule has 0 aliphatic carbocycles. The Morgan fingerprint density at radius 3 is 2.19 bits per heavy atom. The Kier molecular flexibility index (Phi) is 6.25. The average Bonchev–Trinajstić information content (AvgIpc) is 2.16. The lowest BCUT2D eigenvalue weighted by molar-refractivity contribution is 0.281. The Morgan fingerprint density at radius 1 is 1.31 bits per heavy atom. The van der Waals surface area contributed by atoms with Crippen molar-refractivity contribution < 1.29 is 13.5 Å². The molecule has 1 aromatic carbocycles. The third kappa shape index (κ3) is 6.55. The molecule has 0 radical (unpaired) electrons. The van der Waals surface area contributed by atoms with Gasteiger partial charge in [0.05, 0.1) is 11.5 Å². The highest BCUT2D eigenvalue weighted by molar-refractivity contribution is 7.89. The number of aliphatic hydroxyl groups is 1. The number of nitrogens with two attached hydrogens (primary N) is 1. The molecule has 1 rings (SSSR count). The van der Waals surface area contributed by atoms with Crippen molar-refractivity contribution >= 4 is 10.0 Å². The summed E-state index contributed by atoms with van der Waals surface area (Å²) in [5.74, 6) is 0.833. The van der Waals surface area contributed by atoms with E-state index in [4.69, 9.17) is 10.2 Å². The van der Waals surface area contributed by atoms with Crippen LogP contribution in [0.1, 0.15) is 26.3 Å². The molecule has 0 atom stereocenters. The van der Waals surface area contributed by atoms with Crippen LogP contribution >= 0.6 is 0 Å². The van der Waals surface area contributed by atoms with Crippen LogP contribution in [-0.2, 0) is 16.6 Å². The molecule has 3 N–H and O–H groups in total. The highest BCUT2D eigenvalue weighted by Gasteiger charge is 2.06. The summed E-state index contributed by atoms with van der Waals surface area (Å²) in [4.78, 5) is 0.0223. The number of hydrogen-bond acceptors (Lipinski definition) is 3.